The van der Waals surface area contributed by atoms with Gasteiger partial charge in [-0.2, -0.15) is 0 Å². The van der Waals surface area contributed by atoms with Gasteiger partial charge in [0.25, 0.3) is 0 Å². The molecule has 0 saturated heterocycles. The van der Waals surface area contributed by atoms with Crippen LogP contribution in [0, 0.1) is 0 Å². The van der Waals surface area contributed by atoms with Gasteiger partial charge in [-0.05, 0) is 13.8 Å². The van der Waals surface area contributed by atoms with E-state index < -0.39 is 0 Å². The van der Waals surface area contributed by atoms with E-state index in [1.165, 1.54) is 0 Å². The molecular weight excluding hydrogens is 174 g/mol. The van der Waals surface area contributed by atoms with E-state index in [2.05, 4.69) is 9.98 Å². The maximum absolute atomic E-state index is 5.78. The summed E-state index contributed by atoms with van der Waals surface area (Å²) in [6.07, 6.45) is 0. The molecule has 0 saturated carbocycles. The number of amidine groups is 2. The number of rotatable bonds is 1. The fourth-order valence-corrected chi connectivity index (χ4v) is 1.31. The van der Waals surface area contributed by atoms with Gasteiger partial charge in [-0.15, -0.1) is 0 Å². The van der Waals surface area contributed by atoms with Gasteiger partial charge in [0.15, 0.2) is 5.84 Å². The highest BCUT2D eigenvalue weighted by Crippen LogP contribution is 2.19. The van der Waals surface area contributed by atoms with E-state index in [-0.39, 0.29) is 5.54 Å². The van der Waals surface area contributed by atoms with Crippen LogP contribution in [0.2, 0.25) is 0 Å². The molecule has 1 aliphatic rings. The van der Waals surface area contributed by atoms with Crippen LogP contribution in [0.4, 0.5) is 0 Å². The van der Waals surface area contributed by atoms with E-state index in [0.29, 0.717) is 5.84 Å². The average Bonchev–Trinajstić information content (AvgIpc) is 2.43. The molecule has 0 aromatic heterocycles. The van der Waals surface area contributed by atoms with Gasteiger partial charge in [-0.1, -0.05) is 30.3 Å². The molecule has 0 spiro atoms. The first kappa shape index (κ1) is 8.94. The fourth-order valence-electron chi connectivity index (χ4n) is 1.31. The van der Waals surface area contributed by atoms with Crippen molar-refractivity contribution >= 4 is 11.7 Å². The van der Waals surface area contributed by atoms with Gasteiger partial charge < -0.3 is 5.73 Å². The Labute approximate surface area is 83.4 Å². The summed E-state index contributed by atoms with van der Waals surface area (Å²) in [6.45, 7) is 3.92. The summed E-state index contributed by atoms with van der Waals surface area (Å²) in [6, 6.07) is 9.87. The standard InChI is InChI=1S/C11H13N3/c1-11(2)10(12)13-9(14-11)8-6-4-3-5-7-8/h3-7H,1-2H3,(H2,12,13,14). The molecule has 1 heterocycles. The van der Waals surface area contributed by atoms with Crippen LogP contribution in [0.15, 0.2) is 40.3 Å². The maximum Gasteiger partial charge on any atom is 0.157 e. The van der Waals surface area contributed by atoms with Crippen molar-refractivity contribution in [2.75, 3.05) is 0 Å². The Kier molecular flexibility index (Phi) is 1.88. The van der Waals surface area contributed by atoms with E-state index in [0.717, 1.165) is 11.4 Å². The van der Waals surface area contributed by atoms with Crippen LogP contribution in [0.5, 0.6) is 0 Å². The maximum atomic E-state index is 5.78. The van der Waals surface area contributed by atoms with Crippen LogP contribution in [0.3, 0.4) is 0 Å². The highest BCUT2D eigenvalue weighted by atomic mass is 15.1. The highest BCUT2D eigenvalue weighted by molar-refractivity contribution is 6.13. The summed E-state index contributed by atoms with van der Waals surface area (Å²) in [7, 11) is 0. The lowest BCUT2D eigenvalue weighted by atomic mass is 10.1. The quantitative estimate of drug-likeness (QED) is 0.713. The lowest BCUT2D eigenvalue weighted by molar-refractivity contribution is 0.710. The Balaban J connectivity index is 2.41. The minimum Gasteiger partial charge on any atom is -0.385 e. The SMILES string of the molecule is CC1(C)N=C(c2ccccc2)N=C1N. The van der Waals surface area contributed by atoms with E-state index in [9.17, 15) is 0 Å². The van der Waals surface area contributed by atoms with Crippen LogP contribution in [-0.2, 0) is 0 Å². The molecule has 1 aromatic carbocycles. The molecule has 1 aromatic rings. The number of hydrogen-bond donors (Lipinski definition) is 1. The molecule has 14 heavy (non-hydrogen) atoms. The van der Waals surface area contributed by atoms with Crippen molar-refractivity contribution in [2.45, 2.75) is 19.4 Å². The Morgan fingerprint density at radius 3 is 2.29 bits per heavy atom. The first-order chi connectivity index (χ1) is 6.59. The Hall–Kier alpha value is -1.64. The zero-order chi connectivity index (χ0) is 10.2. The second-order valence-electron chi connectivity index (χ2n) is 3.86. The van der Waals surface area contributed by atoms with E-state index in [1.807, 2.05) is 44.2 Å². The van der Waals surface area contributed by atoms with Crippen molar-refractivity contribution in [3.05, 3.63) is 35.9 Å². The molecule has 0 atom stereocenters. The summed E-state index contributed by atoms with van der Waals surface area (Å²) in [5.74, 6) is 1.31. The molecule has 2 rings (SSSR count). The molecule has 3 heteroatoms. The van der Waals surface area contributed by atoms with E-state index in [4.69, 9.17) is 5.73 Å². The highest BCUT2D eigenvalue weighted by Gasteiger charge is 2.28. The van der Waals surface area contributed by atoms with Gasteiger partial charge in [-0.25, -0.2) is 4.99 Å². The number of nitrogens with two attached hydrogens (primary N) is 1. The largest absolute Gasteiger partial charge is 0.385 e. The van der Waals surface area contributed by atoms with Gasteiger partial charge in [0.05, 0.1) is 0 Å². The molecular formula is C11H13N3. The fraction of sp³-hybridized carbons (Fsp3) is 0.273. The first-order valence-electron chi connectivity index (χ1n) is 4.59. The summed E-state index contributed by atoms with van der Waals surface area (Å²) in [5, 5.41) is 0. The number of benzene rings is 1. The van der Waals surface area contributed by atoms with Crippen molar-refractivity contribution in [3.8, 4) is 0 Å². The molecule has 0 amide bonds. The third-order valence-corrected chi connectivity index (χ3v) is 2.27. The van der Waals surface area contributed by atoms with Crippen molar-refractivity contribution in [3.63, 3.8) is 0 Å². The predicted octanol–water partition coefficient (Wildman–Crippen LogP) is 1.58. The molecule has 0 radical (unpaired) electrons. The zero-order valence-corrected chi connectivity index (χ0v) is 8.36. The number of hydrogen-bond acceptors (Lipinski definition) is 3. The van der Waals surface area contributed by atoms with Crippen molar-refractivity contribution in [1.82, 2.24) is 0 Å². The normalized spacial score (nSPS) is 19.0. The number of aliphatic imine (C=N–C) groups is 2. The topological polar surface area (TPSA) is 50.7 Å². The molecule has 72 valence electrons. The van der Waals surface area contributed by atoms with Crippen LogP contribution < -0.4 is 5.73 Å². The first-order valence-corrected chi connectivity index (χ1v) is 4.59. The molecule has 0 fully saturated rings. The minimum atomic E-state index is -0.356. The molecule has 2 N–H and O–H groups in total. The van der Waals surface area contributed by atoms with Crippen molar-refractivity contribution in [1.29, 1.82) is 0 Å². The van der Waals surface area contributed by atoms with Crippen LogP contribution in [0.1, 0.15) is 19.4 Å². The monoisotopic (exact) mass is 187 g/mol. The molecule has 0 unspecified atom stereocenters. The second kappa shape index (κ2) is 2.94. The molecule has 0 bridgehead atoms. The summed E-state index contributed by atoms with van der Waals surface area (Å²) < 4.78 is 0. The van der Waals surface area contributed by atoms with Crippen LogP contribution in [-0.4, -0.2) is 17.2 Å². The molecule has 3 nitrogen and oxygen atoms in total. The van der Waals surface area contributed by atoms with Crippen LogP contribution in [0.25, 0.3) is 0 Å². The van der Waals surface area contributed by atoms with Gasteiger partial charge in [-0.3, -0.25) is 4.99 Å². The predicted molar refractivity (Wildman–Crippen MR) is 58.7 cm³/mol. The van der Waals surface area contributed by atoms with Gasteiger partial charge >= 0.3 is 0 Å². The zero-order valence-electron chi connectivity index (χ0n) is 8.36. The van der Waals surface area contributed by atoms with E-state index in [1.54, 1.807) is 0 Å². The van der Waals surface area contributed by atoms with Crippen molar-refractivity contribution < 1.29 is 0 Å². The van der Waals surface area contributed by atoms with Crippen molar-refractivity contribution in [2.24, 2.45) is 15.7 Å². The van der Waals surface area contributed by atoms with E-state index >= 15 is 0 Å². The third-order valence-electron chi connectivity index (χ3n) is 2.27. The van der Waals surface area contributed by atoms with Gasteiger partial charge in [0.1, 0.15) is 11.4 Å². The van der Waals surface area contributed by atoms with Gasteiger partial charge in [0.2, 0.25) is 0 Å². The average molecular weight is 187 g/mol. The van der Waals surface area contributed by atoms with Crippen LogP contribution >= 0.6 is 0 Å². The lowest BCUT2D eigenvalue weighted by Gasteiger charge is -2.11. The van der Waals surface area contributed by atoms with Gasteiger partial charge in [0, 0.05) is 5.56 Å². The Morgan fingerprint density at radius 1 is 1.14 bits per heavy atom. The Bertz CT molecular complexity index is 402. The summed E-state index contributed by atoms with van der Waals surface area (Å²) >= 11 is 0. The number of nitrogens with zero attached hydrogens (tertiary/aromatic N) is 2. The molecule has 0 aliphatic carbocycles. The second-order valence-corrected chi connectivity index (χ2v) is 3.86. The Morgan fingerprint density at radius 2 is 1.79 bits per heavy atom. The lowest BCUT2D eigenvalue weighted by Crippen LogP contribution is -2.33. The third kappa shape index (κ3) is 1.41. The molecule has 1 aliphatic heterocycles. The summed E-state index contributed by atoms with van der Waals surface area (Å²) in [5.41, 5.74) is 6.43. The smallest absolute Gasteiger partial charge is 0.157 e. The summed E-state index contributed by atoms with van der Waals surface area (Å²) in [4.78, 5) is 8.72. The minimum absolute atomic E-state index is 0.356.